The van der Waals surface area contributed by atoms with Crippen LogP contribution in [0.5, 0.6) is 0 Å². The Labute approximate surface area is 102 Å². The predicted octanol–water partition coefficient (Wildman–Crippen LogP) is 2.58. The minimum Gasteiger partial charge on any atom is -0.297 e. The fourth-order valence-electron chi connectivity index (χ4n) is 1.70. The zero-order valence-corrected chi connectivity index (χ0v) is 9.94. The first-order valence-corrected chi connectivity index (χ1v) is 6.00. The van der Waals surface area contributed by atoms with Crippen LogP contribution in [-0.4, -0.2) is 20.7 Å². The van der Waals surface area contributed by atoms with Gasteiger partial charge in [0.25, 0.3) is 0 Å². The van der Waals surface area contributed by atoms with Gasteiger partial charge in [-0.3, -0.25) is 9.20 Å². The number of rotatable bonds is 2. The second-order valence-corrected chi connectivity index (χ2v) is 4.60. The van der Waals surface area contributed by atoms with Crippen LogP contribution >= 0.6 is 11.3 Å². The molecule has 0 N–H and O–H groups in total. The highest BCUT2D eigenvalue weighted by atomic mass is 32.1. The molecule has 3 aromatic heterocycles. The van der Waals surface area contributed by atoms with E-state index in [4.69, 9.17) is 0 Å². The fourth-order valence-corrected chi connectivity index (χ4v) is 2.49. The number of hydrogen-bond acceptors (Lipinski definition) is 4. The van der Waals surface area contributed by atoms with Gasteiger partial charge in [0.15, 0.2) is 6.29 Å². The molecule has 0 aliphatic rings. The zero-order chi connectivity index (χ0) is 11.8. The SMILES string of the molecule is Cc1csc(-c2ccc3ncc(C=O)n3c2)n1. The Balaban J connectivity index is 2.21. The first-order valence-electron chi connectivity index (χ1n) is 5.13. The number of fused-ring (bicyclic) bond motifs is 1. The molecule has 0 fully saturated rings. The quantitative estimate of drug-likeness (QED) is 0.650. The molecule has 0 aromatic carbocycles. The van der Waals surface area contributed by atoms with E-state index in [2.05, 4.69) is 9.97 Å². The summed E-state index contributed by atoms with van der Waals surface area (Å²) in [5.41, 5.74) is 3.32. The van der Waals surface area contributed by atoms with Crippen molar-refractivity contribution in [3.05, 3.63) is 41.3 Å². The number of aldehydes is 1. The molecular formula is C12H9N3OS. The number of hydrogen-bond donors (Lipinski definition) is 0. The van der Waals surface area contributed by atoms with Gasteiger partial charge < -0.3 is 0 Å². The Morgan fingerprint density at radius 2 is 2.29 bits per heavy atom. The summed E-state index contributed by atoms with van der Waals surface area (Å²) < 4.78 is 1.78. The third kappa shape index (κ3) is 1.64. The van der Waals surface area contributed by atoms with Crippen molar-refractivity contribution in [2.24, 2.45) is 0 Å². The average Bonchev–Trinajstić information content (AvgIpc) is 2.94. The van der Waals surface area contributed by atoms with Crippen molar-refractivity contribution in [2.45, 2.75) is 6.92 Å². The van der Waals surface area contributed by atoms with E-state index in [-0.39, 0.29) is 0 Å². The van der Waals surface area contributed by atoms with Crippen molar-refractivity contribution in [1.82, 2.24) is 14.4 Å². The lowest BCUT2D eigenvalue weighted by Crippen LogP contribution is -1.91. The highest BCUT2D eigenvalue weighted by Gasteiger charge is 2.06. The lowest BCUT2D eigenvalue weighted by atomic mass is 10.3. The monoisotopic (exact) mass is 243 g/mol. The lowest BCUT2D eigenvalue weighted by molar-refractivity contribution is 0.111. The normalized spacial score (nSPS) is 10.9. The van der Waals surface area contributed by atoms with Crippen molar-refractivity contribution in [3.63, 3.8) is 0 Å². The van der Waals surface area contributed by atoms with Crippen LogP contribution in [0.1, 0.15) is 16.2 Å². The topological polar surface area (TPSA) is 47.3 Å². The summed E-state index contributed by atoms with van der Waals surface area (Å²) in [7, 11) is 0. The van der Waals surface area contributed by atoms with E-state index in [0.717, 1.165) is 28.2 Å². The molecule has 0 saturated heterocycles. The van der Waals surface area contributed by atoms with Gasteiger partial charge >= 0.3 is 0 Å². The minimum absolute atomic E-state index is 0.551. The maximum atomic E-state index is 10.9. The van der Waals surface area contributed by atoms with E-state index < -0.39 is 0 Å². The third-order valence-corrected chi connectivity index (χ3v) is 3.53. The standard InChI is InChI=1S/C12H9N3OS/c1-8-7-17-12(14-8)9-2-3-11-13-4-10(6-16)15(11)5-9/h2-7H,1H3. The fraction of sp³-hybridized carbons (Fsp3) is 0.0833. The van der Waals surface area contributed by atoms with E-state index in [1.807, 2.05) is 30.6 Å². The van der Waals surface area contributed by atoms with Crippen molar-refractivity contribution in [3.8, 4) is 10.6 Å². The van der Waals surface area contributed by atoms with E-state index in [1.165, 1.54) is 0 Å². The first kappa shape index (κ1) is 10.2. The average molecular weight is 243 g/mol. The largest absolute Gasteiger partial charge is 0.297 e. The minimum atomic E-state index is 0.551. The maximum absolute atomic E-state index is 10.9. The Hall–Kier alpha value is -2.01. The molecular weight excluding hydrogens is 234 g/mol. The molecule has 0 atom stereocenters. The highest BCUT2D eigenvalue weighted by molar-refractivity contribution is 7.13. The summed E-state index contributed by atoms with van der Waals surface area (Å²) >= 11 is 1.59. The number of carbonyl (C=O) groups is 1. The molecule has 0 radical (unpaired) electrons. The second-order valence-electron chi connectivity index (χ2n) is 3.74. The molecule has 17 heavy (non-hydrogen) atoms. The molecule has 0 aliphatic carbocycles. The molecule has 3 aromatic rings. The Morgan fingerprint density at radius 3 is 3.00 bits per heavy atom. The molecule has 0 amide bonds. The van der Waals surface area contributed by atoms with Crippen LogP contribution < -0.4 is 0 Å². The molecule has 0 bridgehead atoms. The number of imidazole rings is 1. The Kier molecular flexibility index (Phi) is 2.26. The number of aromatic nitrogens is 3. The van der Waals surface area contributed by atoms with Crippen LogP contribution in [0.4, 0.5) is 0 Å². The van der Waals surface area contributed by atoms with Crippen LogP contribution in [0.3, 0.4) is 0 Å². The molecule has 0 aliphatic heterocycles. The summed E-state index contributed by atoms with van der Waals surface area (Å²) in [6.45, 7) is 1.96. The number of carbonyl (C=O) groups excluding carboxylic acids is 1. The van der Waals surface area contributed by atoms with Crippen LogP contribution in [0.25, 0.3) is 16.2 Å². The lowest BCUT2D eigenvalue weighted by Gasteiger charge is -1.99. The summed E-state index contributed by atoms with van der Waals surface area (Å²) in [6, 6.07) is 3.86. The number of aryl methyl sites for hydroxylation is 1. The molecule has 0 spiro atoms. The van der Waals surface area contributed by atoms with Gasteiger partial charge in [0, 0.05) is 22.8 Å². The summed E-state index contributed by atoms with van der Waals surface area (Å²) in [5.74, 6) is 0. The molecule has 0 saturated carbocycles. The van der Waals surface area contributed by atoms with Crippen LogP contribution in [-0.2, 0) is 0 Å². The van der Waals surface area contributed by atoms with Crippen LogP contribution in [0.2, 0.25) is 0 Å². The van der Waals surface area contributed by atoms with Gasteiger partial charge in [-0.1, -0.05) is 0 Å². The summed E-state index contributed by atoms with van der Waals surface area (Å²) in [6.07, 6.45) is 4.26. The molecule has 3 rings (SSSR count). The number of thiazole rings is 1. The van der Waals surface area contributed by atoms with Crippen LogP contribution in [0.15, 0.2) is 29.9 Å². The van der Waals surface area contributed by atoms with Gasteiger partial charge in [-0.15, -0.1) is 11.3 Å². The van der Waals surface area contributed by atoms with Gasteiger partial charge in [-0.2, -0.15) is 0 Å². The predicted molar refractivity (Wildman–Crippen MR) is 66.4 cm³/mol. The number of pyridine rings is 1. The van der Waals surface area contributed by atoms with Crippen molar-refractivity contribution >= 4 is 23.3 Å². The van der Waals surface area contributed by atoms with Gasteiger partial charge in [0.2, 0.25) is 0 Å². The van der Waals surface area contributed by atoms with E-state index in [9.17, 15) is 4.79 Å². The molecule has 5 heteroatoms. The Bertz CT molecular complexity index is 699. The van der Waals surface area contributed by atoms with Crippen molar-refractivity contribution < 1.29 is 4.79 Å². The van der Waals surface area contributed by atoms with E-state index in [0.29, 0.717) is 5.69 Å². The van der Waals surface area contributed by atoms with Gasteiger partial charge in [-0.05, 0) is 19.1 Å². The van der Waals surface area contributed by atoms with Gasteiger partial charge in [-0.25, -0.2) is 9.97 Å². The molecule has 3 heterocycles. The van der Waals surface area contributed by atoms with Crippen molar-refractivity contribution in [1.29, 1.82) is 0 Å². The maximum Gasteiger partial charge on any atom is 0.168 e. The zero-order valence-electron chi connectivity index (χ0n) is 9.12. The number of nitrogens with zero attached hydrogens (tertiary/aromatic N) is 3. The molecule has 0 unspecified atom stereocenters. The smallest absolute Gasteiger partial charge is 0.168 e. The van der Waals surface area contributed by atoms with Crippen molar-refractivity contribution in [2.75, 3.05) is 0 Å². The molecule has 84 valence electrons. The highest BCUT2D eigenvalue weighted by Crippen LogP contribution is 2.24. The van der Waals surface area contributed by atoms with Crippen LogP contribution in [0, 0.1) is 6.92 Å². The Morgan fingerprint density at radius 1 is 1.41 bits per heavy atom. The van der Waals surface area contributed by atoms with Gasteiger partial charge in [0.05, 0.1) is 6.20 Å². The van der Waals surface area contributed by atoms with Gasteiger partial charge in [0.1, 0.15) is 16.3 Å². The summed E-state index contributed by atoms with van der Waals surface area (Å²) in [4.78, 5) is 19.4. The molecule has 4 nitrogen and oxygen atoms in total. The van der Waals surface area contributed by atoms with E-state index >= 15 is 0 Å². The third-order valence-electron chi connectivity index (χ3n) is 2.52. The summed E-state index contributed by atoms with van der Waals surface area (Å²) in [5, 5.41) is 2.96. The first-order chi connectivity index (χ1) is 8.28. The second kappa shape index (κ2) is 3.78. The van der Waals surface area contributed by atoms with E-state index in [1.54, 1.807) is 21.9 Å².